The molecule has 6 heteroatoms. The van der Waals surface area contributed by atoms with Crippen molar-refractivity contribution >= 4 is 34.5 Å². The first kappa shape index (κ1) is 17.7. The van der Waals surface area contributed by atoms with Gasteiger partial charge in [0.15, 0.2) is 0 Å². The summed E-state index contributed by atoms with van der Waals surface area (Å²) in [5.74, 6) is 0.355. The van der Waals surface area contributed by atoms with E-state index in [-0.39, 0.29) is 5.91 Å². The number of nitrogen functional groups attached to an aromatic ring is 1. The molecule has 2 aromatic carbocycles. The second-order valence-corrected chi connectivity index (χ2v) is 6.68. The number of para-hydroxylation sites is 1. The molecule has 5 nitrogen and oxygen atoms in total. The van der Waals surface area contributed by atoms with Crippen molar-refractivity contribution in [2.75, 3.05) is 12.3 Å². The predicted octanol–water partition coefficient (Wildman–Crippen LogP) is 3.34. The van der Waals surface area contributed by atoms with E-state index in [1.807, 2.05) is 41.8 Å². The van der Waals surface area contributed by atoms with Gasteiger partial charge in [0.2, 0.25) is 0 Å². The van der Waals surface area contributed by atoms with Gasteiger partial charge in [0.25, 0.3) is 5.91 Å². The predicted molar refractivity (Wildman–Crippen MR) is 108 cm³/mol. The number of hydrogen-bond acceptors (Lipinski definition) is 4. The lowest BCUT2D eigenvalue weighted by Crippen LogP contribution is -2.26. The number of amides is 1. The minimum atomic E-state index is -0.159. The molecule has 5 N–H and O–H groups in total. The molecular weight excluding hydrogens is 344 g/mol. The van der Waals surface area contributed by atoms with Gasteiger partial charge in [-0.2, -0.15) is 0 Å². The Hall–Kier alpha value is -3.12. The Morgan fingerprint density at radius 2 is 1.81 bits per heavy atom. The number of nitrogens with one attached hydrogen (secondary N) is 1. The molecule has 0 spiro atoms. The molecule has 0 aliphatic carbocycles. The lowest BCUT2D eigenvalue weighted by atomic mass is 10.1. The standard InChI is InChI=1S/C20H20N4OS/c21-17-5-2-1-4-16(17)20(25)23-12-11-14-7-9-15(10-8-14)24-19(22)18-6-3-13-26-18/h1-10,13H,11-12,21H2,(H2,22,24)(H,23,25). The molecule has 0 aliphatic heterocycles. The number of aliphatic imine (C=N–C) groups is 1. The average Bonchev–Trinajstić information content (AvgIpc) is 3.18. The van der Waals surface area contributed by atoms with E-state index < -0.39 is 0 Å². The van der Waals surface area contributed by atoms with Crippen LogP contribution in [0.25, 0.3) is 0 Å². The molecule has 0 radical (unpaired) electrons. The van der Waals surface area contributed by atoms with Crippen molar-refractivity contribution in [3.05, 3.63) is 82.0 Å². The van der Waals surface area contributed by atoms with E-state index in [9.17, 15) is 4.79 Å². The summed E-state index contributed by atoms with van der Waals surface area (Å²) in [6.07, 6.45) is 0.725. The highest BCUT2D eigenvalue weighted by atomic mass is 32.1. The first-order valence-corrected chi connectivity index (χ1v) is 9.11. The Bertz CT molecular complexity index is 902. The summed E-state index contributed by atoms with van der Waals surface area (Å²) in [6.45, 7) is 0.535. The number of benzene rings is 2. The first-order chi connectivity index (χ1) is 12.6. The summed E-state index contributed by atoms with van der Waals surface area (Å²) in [4.78, 5) is 17.5. The number of amidine groups is 1. The van der Waals surface area contributed by atoms with E-state index in [1.165, 1.54) is 0 Å². The van der Waals surface area contributed by atoms with Crippen LogP contribution in [-0.4, -0.2) is 18.3 Å². The van der Waals surface area contributed by atoms with Gasteiger partial charge in [-0.05, 0) is 47.7 Å². The summed E-state index contributed by atoms with van der Waals surface area (Å²) in [6, 6.07) is 18.8. The van der Waals surface area contributed by atoms with E-state index in [4.69, 9.17) is 11.5 Å². The largest absolute Gasteiger partial charge is 0.398 e. The lowest BCUT2D eigenvalue weighted by Gasteiger charge is -2.07. The van der Waals surface area contributed by atoms with Crippen LogP contribution >= 0.6 is 11.3 Å². The van der Waals surface area contributed by atoms with Gasteiger partial charge in [0, 0.05) is 12.2 Å². The molecule has 1 amide bonds. The normalized spacial score (nSPS) is 11.3. The number of nitrogens with zero attached hydrogens (tertiary/aromatic N) is 1. The topological polar surface area (TPSA) is 93.5 Å². The molecule has 132 valence electrons. The van der Waals surface area contributed by atoms with Crippen LogP contribution in [0.1, 0.15) is 20.8 Å². The maximum absolute atomic E-state index is 12.1. The zero-order chi connectivity index (χ0) is 18.4. The van der Waals surface area contributed by atoms with Gasteiger partial charge in [-0.25, -0.2) is 4.99 Å². The fraction of sp³-hybridized carbons (Fsp3) is 0.100. The highest BCUT2D eigenvalue weighted by molar-refractivity contribution is 7.12. The molecule has 0 aliphatic rings. The fourth-order valence-electron chi connectivity index (χ4n) is 2.48. The van der Waals surface area contributed by atoms with Crippen LogP contribution in [0.5, 0.6) is 0 Å². The van der Waals surface area contributed by atoms with Crippen LogP contribution in [0.15, 0.2) is 71.0 Å². The van der Waals surface area contributed by atoms with E-state index in [2.05, 4.69) is 10.3 Å². The van der Waals surface area contributed by atoms with Crippen molar-refractivity contribution < 1.29 is 4.79 Å². The Morgan fingerprint density at radius 1 is 1.04 bits per heavy atom. The zero-order valence-corrected chi connectivity index (χ0v) is 15.0. The van der Waals surface area contributed by atoms with Gasteiger partial charge >= 0.3 is 0 Å². The smallest absolute Gasteiger partial charge is 0.253 e. The first-order valence-electron chi connectivity index (χ1n) is 8.23. The maximum Gasteiger partial charge on any atom is 0.253 e. The number of nitrogens with two attached hydrogens (primary N) is 2. The Kier molecular flexibility index (Phi) is 5.66. The number of thiophene rings is 1. The van der Waals surface area contributed by atoms with E-state index in [0.29, 0.717) is 23.6 Å². The van der Waals surface area contributed by atoms with Crippen molar-refractivity contribution in [3.63, 3.8) is 0 Å². The summed E-state index contributed by atoms with van der Waals surface area (Å²) in [5.41, 5.74) is 14.7. The van der Waals surface area contributed by atoms with Crippen molar-refractivity contribution in [3.8, 4) is 0 Å². The molecule has 0 fully saturated rings. The van der Waals surface area contributed by atoms with E-state index in [1.54, 1.807) is 35.6 Å². The lowest BCUT2D eigenvalue weighted by molar-refractivity contribution is 0.0955. The van der Waals surface area contributed by atoms with Crippen molar-refractivity contribution in [1.29, 1.82) is 0 Å². The molecule has 0 saturated heterocycles. The Labute approximate surface area is 156 Å². The zero-order valence-electron chi connectivity index (χ0n) is 14.2. The van der Waals surface area contributed by atoms with Gasteiger partial charge in [0.1, 0.15) is 5.84 Å². The molecule has 3 rings (SSSR count). The molecule has 1 heterocycles. The number of carbonyl (C=O) groups is 1. The van der Waals surface area contributed by atoms with Gasteiger partial charge in [0.05, 0.1) is 16.1 Å². The van der Waals surface area contributed by atoms with Crippen molar-refractivity contribution in [1.82, 2.24) is 5.32 Å². The Morgan fingerprint density at radius 3 is 2.50 bits per heavy atom. The molecule has 0 unspecified atom stereocenters. The Balaban J connectivity index is 1.54. The van der Waals surface area contributed by atoms with Crippen LogP contribution in [0.2, 0.25) is 0 Å². The second kappa shape index (κ2) is 8.31. The SMILES string of the molecule is NC(=Nc1ccc(CCNC(=O)c2ccccc2N)cc1)c1cccs1. The number of carbonyl (C=O) groups excluding carboxylic acids is 1. The molecule has 1 aromatic heterocycles. The minimum Gasteiger partial charge on any atom is -0.398 e. The van der Waals surface area contributed by atoms with Crippen LogP contribution in [0, 0.1) is 0 Å². The second-order valence-electron chi connectivity index (χ2n) is 5.73. The number of rotatable bonds is 6. The summed E-state index contributed by atoms with van der Waals surface area (Å²) in [5, 5.41) is 4.86. The van der Waals surface area contributed by atoms with Crippen LogP contribution < -0.4 is 16.8 Å². The third-order valence-corrected chi connectivity index (χ3v) is 4.76. The van der Waals surface area contributed by atoms with Crippen molar-refractivity contribution in [2.45, 2.75) is 6.42 Å². The van der Waals surface area contributed by atoms with E-state index in [0.717, 1.165) is 22.5 Å². The molecule has 0 atom stereocenters. The maximum atomic E-state index is 12.1. The highest BCUT2D eigenvalue weighted by Gasteiger charge is 2.07. The molecular formula is C20H20N4OS. The minimum absolute atomic E-state index is 0.159. The average molecular weight is 364 g/mol. The van der Waals surface area contributed by atoms with Gasteiger partial charge in [-0.3, -0.25) is 4.79 Å². The molecule has 0 saturated carbocycles. The van der Waals surface area contributed by atoms with Crippen LogP contribution in [-0.2, 0) is 6.42 Å². The summed E-state index contributed by atoms with van der Waals surface area (Å²) >= 11 is 1.56. The fourth-order valence-corrected chi connectivity index (χ4v) is 3.10. The molecule has 26 heavy (non-hydrogen) atoms. The summed E-state index contributed by atoms with van der Waals surface area (Å²) < 4.78 is 0. The monoisotopic (exact) mass is 364 g/mol. The third-order valence-electron chi connectivity index (χ3n) is 3.86. The highest BCUT2D eigenvalue weighted by Crippen LogP contribution is 2.16. The van der Waals surface area contributed by atoms with Crippen LogP contribution in [0.3, 0.4) is 0 Å². The van der Waals surface area contributed by atoms with Gasteiger partial charge < -0.3 is 16.8 Å². The van der Waals surface area contributed by atoms with Gasteiger partial charge in [-0.1, -0.05) is 30.3 Å². The van der Waals surface area contributed by atoms with Crippen LogP contribution in [0.4, 0.5) is 11.4 Å². The van der Waals surface area contributed by atoms with Gasteiger partial charge in [-0.15, -0.1) is 11.3 Å². The molecule has 3 aromatic rings. The number of anilines is 1. The summed E-state index contributed by atoms with van der Waals surface area (Å²) in [7, 11) is 0. The van der Waals surface area contributed by atoms with Crippen molar-refractivity contribution in [2.24, 2.45) is 10.7 Å². The number of hydrogen-bond donors (Lipinski definition) is 3. The third kappa shape index (κ3) is 4.49. The quantitative estimate of drug-likeness (QED) is 0.356. The molecule has 0 bridgehead atoms. The van der Waals surface area contributed by atoms with E-state index >= 15 is 0 Å².